The second-order valence-corrected chi connectivity index (χ2v) is 3.02. The maximum Gasteiger partial charge on any atom is 0.137 e. The summed E-state index contributed by atoms with van der Waals surface area (Å²) < 4.78 is 6.85. The van der Waals surface area contributed by atoms with E-state index in [0.29, 0.717) is 0 Å². The molecular formula is C10H11N3O. The third-order valence-electron chi connectivity index (χ3n) is 1.99. The molecule has 4 nitrogen and oxygen atoms in total. The Hall–Kier alpha value is -1.84. The zero-order valence-corrected chi connectivity index (χ0v) is 8.14. The Morgan fingerprint density at radius 3 is 2.71 bits per heavy atom. The van der Waals surface area contributed by atoms with Crippen LogP contribution in [-0.2, 0) is 7.05 Å². The first kappa shape index (κ1) is 8.74. The molecule has 0 N–H and O–H groups in total. The van der Waals surface area contributed by atoms with Gasteiger partial charge < -0.3 is 4.74 Å². The molecule has 2 aromatic rings. The van der Waals surface area contributed by atoms with E-state index < -0.39 is 0 Å². The molecule has 4 heteroatoms. The van der Waals surface area contributed by atoms with Gasteiger partial charge in [0.2, 0.25) is 0 Å². The molecule has 2 heterocycles. The molecule has 0 atom stereocenters. The molecule has 72 valence electrons. The third-order valence-corrected chi connectivity index (χ3v) is 1.99. The van der Waals surface area contributed by atoms with E-state index in [2.05, 4.69) is 10.1 Å². The Morgan fingerprint density at radius 2 is 2.07 bits per heavy atom. The van der Waals surface area contributed by atoms with Crippen molar-refractivity contribution in [2.45, 2.75) is 0 Å². The van der Waals surface area contributed by atoms with Crippen LogP contribution in [0.15, 0.2) is 30.9 Å². The number of rotatable bonds is 2. The van der Waals surface area contributed by atoms with Crippen LogP contribution in [-0.4, -0.2) is 21.9 Å². The molecule has 0 aliphatic rings. The lowest BCUT2D eigenvalue weighted by Crippen LogP contribution is -1.86. The summed E-state index contributed by atoms with van der Waals surface area (Å²) in [5, 5.41) is 4.10. The van der Waals surface area contributed by atoms with Gasteiger partial charge in [0.05, 0.1) is 19.5 Å². The minimum absolute atomic E-state index is 0.756. The predicted molar refractivity (Wildman–Crippen MR) is 53.0 cm³/mol. The molecule has 0 bridgehead atoms. The second kappa shape index (κ2) is 3.49. The molecule has 0 aliphatic heterocycles. The zero-order valence-electron chi connectivity index (χ0n) is 8.14. The average Bonchev–Trinajstić information content (AvgIpc) is 2.65. The number of hydrogen-bond donors (Lipinski definition) is 0. The van der Waals surface area contributed by atoms with Gasteiger partial charge >= 0.3 is 0 Å². The third kappa shape index (κ3) is 1.59. The van der Waals surface area contributed by atoms with Gasteiger partial charge in [-0.25, -0.2) is 0 Å². The number of hydrogen-bond acceptors (Lipinski definition) is 3. The van der Waals surface area contributed by atoms with Gasteiger partial charge in [0.15, 0.2) is 0 Å². The molecule has 2 rings (SSSR count). The Labute approximate surface area is 82.2 Å². The molecule has 0 saturated heterocycles. The second-order valence-electron chi connectivity index (χ2n) is 3.02. The zero-order chi connectivity index (χ0) is 9.97. The van der Waals surface area contributed by atoms with Gasteiger partial charge in [-0.3, -0.25) is 9.67 Å². The van der Waals surface area contributed by atoms with Crippen molar-refractivity contribution in [3.8, 4) is 16.9 Å². The van der Waals surface area contributed by atoms with Gasteiger partial charge in [-0.2, -0.15) is 5.10 Å². The topological polar surface area (TPSA) is 39.9 Å². The smallest absolute Gasteiger partial charge is 0.137 e. The van der Waals surface area contributed by atoms with Crippen LogP contribution in [0.5, 0.6) is 5.75 Å². The first-order valence-corrected chi connectivity index (χ1v) is 4.27. The number of nitrogens with zero attached hydrogens (tertiary/aromatic N) is 3. The Morgan fingerprint density at radius 1 is 1.21 bits per heavy atom. The SMILES string of the molecule is COc1cncc(-c2cnn(C)c2)c1. The van der Waals surface area contributed by atoms with Crippen LogP contribution in [0, 0.1) is 0 Å². The van der Waals surface area contributed by atoms with E-state index in [1.54, 1.807) is 30.4 Å². The molecule has 0 fully saturated rings. The summed E-state index contributed by atoms with van der Waals surface area (Å²) in [5.74, 6) is 0.756. The number of ether oxygens (including phenoxy) is 1. The molecule has 0 aliphatic carbocycles. The van der Waals surface area contributed by atoms with Crippen molar-refractivity contribution in [3.05, 3.63) is 30.9 Å². The fourth-order valence-electron chi connectivity index (χ4n) is 1.26. The average molecular weight is 189 g/mol. The highest BCUT2D eigenvalue weighted by atomic mass is 16.5. The van der Waals surface area contributed by atoms with E-state index in [4.69, 9.17) is 4.74 Å². The van der Waals surface area contributed by atoms with Crippen molar-refractivity contribution in [3.63, 3.8) is 0 Å². The maximum atomic E-state index is 5.09. The van der Waals surface area contributed by atoms with Gasteiger partial charge in [0.25, 0.3) is 0 Å². The normalized spacial score (nSPS) is 10.1. The van der Waals surface area contributed by atoms with Gasteiger partial charge in [-0.15, -0.1) is 0 Å². The lowest BCUT2D eigenvalue weighted by atomic mass is 10.2. The quantitative estimate of drug-likeness (QED) is 0.718. The minimum Gasteiger partial charge on any atom is -0.495 e. The van der Waals surface area contributed by atoms with Crippen molar-refractivity contribution < 1.29 is 4.74 Å². The van der Waals surface area contributed by atoms with Gasteiger partial charge in [-0.1, -0.05) is 0 Å². The molecule has 2 aromatic heterocycles. The van der Waals surface area contributed by atoms with Crippen LogP contribution in [0.4, 0.5) is 0 Å². The van der Waals surface area contributed by atoms with Crippen LogP contribution in [0.1, 0.15) is 0 Å². The summed E-state index contributed by atoms with van der Waals surface area (Å²) >= 11 is 0. The summed E-state index contributed by atoms with van der Waals surface area (Å²) in [6.07, 6.45) is 7.21. The Balaban J connectivity index is 2.41. The fraction of sp³-hybridized carbons (Fsp3) is 0.200. The molecule has 0 saturated carbocycles. The summed E-state index contributed by atoms with van der Waals surface area (Å²) in [6, 6.07) is 1.93. The highest BCUT2D eigenvalue weighted by Gasteiger charge is 2.01. The number of aromatic nitrogens is 3. The highest BCUT2D eigenvalue weighted by molar-refractivity contribution is 5.62. The first-order valence-electron chi connectivity index (χ1n) is 4.27. The molecule has 14 heavy (non-hydrogen) atoms. The van der Waals surface area contributed by atoms with Gasteiger partial charge in [0, 0.05) is 30.6 Å². The van der Waals surface area contributed by atoms with Crippen molar-refractivity contribution in [2.75, 3.05) is 7.11 Å². The van der Waals surface area contributed by atoms with Crippen LogP contribution in [0.25, 0.3) is 11.1 Å². The fourth-order valence-corrected chi connectivity index (χ4v) is 1.26. The van der Waals surface area contributed by atoms with E-state index in [-0.39, 0.29) is 0 Å². The predicted octanol–water partition coefficient (Wildman–Crippen LogP) is 1.49. The number of pyridine rings is 1. The van der Waals surface area contributed by atoms with Crippen molar-refractivity contribution in [1.29, 1.82) is 0 Å². The summed E-state index contributed by atoms with van der Waals surface area (Å²) in [7, 11) is 3.52. The van der Waals surface area contributed by atoms with Gasteiger partial charge in [0.1, 0.15) is 5.75 Å². The van der Waals surface area contributed by atoms with E-state index in [0.717, 1.165) is 16.9 Å². The summed E-state index contributed by atoms with van der Waals surface area (Å²) in [5.41, 5.74) is 2.05. The Kier molecular flexibility index (Phi) is 2.18. The largest absolute Gasteiger partial charge is 0.495 e. The number of aryl methyl sites for hydroxylation is 1. The summed E-state index contributed by atoms with van der Waals surface area (Å²) in [6.45, 7) is 0. The summed E-state index contributed by atoms with van der Waals surface area (Å²) in [4.78, 5) is 4.08. The number of methoxy groups -OCH3 is 1. The lowest BCUT2D eigenvalue weighted by molar-refractivity contribution is 0.413. The van der Waals surface area contributed by atoms with Crippen molar-refractivity contribution in [1.82, 2.24) is 14.8 Å². The van der Waals surface area contributed by atoms with Crippen molar-refractivity contribution >= 4 is 0 Å². The van der Waals surface area contributed by atoms with Crippen LogP contribution in [0.2, 0.25) is 0 Å². The minimum atomic E-state index is 0.756. The molecule has 0 radical (unpaired) electrons. The van der Waals surface area contributed by atoms with Gasteiger partial charge in [-0.05, 0) is 6.07 Å². The highest BCUT2D eigenvalue weighted by Crippen LogP contribution is 2.21. The van der Waals surface area contributed by atoms with Crippen LogP contribution in [0.3, 0.4) is 0 Å². The van der Waals surface area contributed by atoms with E-state index in [1.165, 1.54) is 0 Å². The monoisotopic (exact) mass is 189 g/mol. The molecule has 0 unspecified atom stereocenters. The van der Waals surface area contributed by atoms with Crippen molar-refractivity contribution in [2.24, 2.45) is 7.05 Å². The first-order chi connectivity index (χ1) is 6.79. The molecule has 0 aromatic carbocycles. The molecule has 0 amide bonds. The van der Waals surface area contributed by atoms with E-state index in [9.17, 15) is 0 Å². The van der Waals surface area contributed by atoms with E-state index >= 15 is 0 Å². The molecule has 0 spiro atoms. The lowest BCUT2D eigenvalue weighted by Gasteiger charge is -2.00. The van der Waals surface area contributed by atoms with E-state index in [1.807, 2.05) is 19.3 Å². The van der Waals surface area contributed by atoms with Crippen LogP contribution < -0.4 is 4.74 Å². The maximum absolute atomic E-state index is 5.09. The Bertz CT molecular complexity index is 436. The van der Waals surface area contributed by atoms with Crippen LogP contribution >= 0.6 is 0 Å². The molecular weight excluding hydrogens is 178 g/mol. The standard InChI is InChI=1S/C10H11N3O/c1-13-7-9(5-12-13)8-3-10(14-2)6-11-4-8/h3-7H,1-2H3.